The number of alkyl halides is 3. The summed E-state index contributed by atoms with van der Waals surface area (Å²) in [5.74, 6) is 0. The molecule has 2 unspecified atom stereocenters. The number of nitrogens with one attached hydrogen (secondary N) is 2. The Morgan fingerprint density at radius 2 is 2.31 bits per heavy atom. The van der Waals surface area contributed by atoms with Crippen LogP contribution in [0.2, 0.25) is 0 Å². The highest BCUT2D eigenvalue weighted by Gasteiger charge is 2.28. The van der Waals surface area contributed by atoms with E-state index in [-0.39, 0.29) is 12.1 Å². The smallest absolute Gasteiger partial charge is 0.379 e. The van der Waals surface area contributed by atoms with Crippen molar-refractivity contribution in [2.45, 2.75) is 31.6 Å². The van der Waals surface area contributed by atoms with Gasteiger partial charge in [-0.1, -0.05) is 0 Å². The maximum Gasteiger partial charge on any atom is 0.413 e. The van der Waals surface area contributed by atoms with Crippen LogP contribution < -0.4 is 10.8 Å². The Morgan fingerprint density at radius 1 is 1.56 bits per heavy atom. The van der Waals surface area contributed by atoms with Crippen LogP contribution in [0.4, 0.5) is 13.2 Å². The number of halogens is 3. The Bertz CT molecular complexity index is 196. The summed E-state index contributed by atoms with van der Waals surface area (Å²) in [6.45, 7) is 2.55. The quantitative estimate of drug-likeness (QED) is 0.701. The average molecular weight is 242 g/mol. The van der Waals surface area contributed by atoms with Crippen molar-refractivity contribution in [1.29, 1.82) is 0 Å². The fraction of sp³-hybridized carbons (Fsp3) is 1.00. The summed E-state index contributed by atoms with van der Waals surface area (Å²) < 4.78 is 40.5. The van der Waals surface area contributed by atoms with Crippen LogP contribution in [0.3, 0.4) is 0 Å². The van der Waals surface area contributed by atoms with Gasteiger partial charge in [0.1, 0.15) is 0 Å². The third-order valence-corrected chi connectivity index (χ3v) is 2.16. The van der Waals surface area contributed by atoms with Gasteiger partial charge in [0.2, 0.25) is 0 Å². The minimum absolute atomic E-state index is 0.151. The van der Waals surface area contributed by atoms with E-state index in [9.17, 15) is 13.2 Å². The zero-order valence-corrected chi connectivity index (χ0v) is 9.14. The number of rotatable bonds is 5. The van der Waals surface area contributed by atoms with E-state index in [1.165, 1.54) is 0 Å². The van der Waals surface area contributed by atoms with E-state index >= 15 is 0 Å². The van der Waals surface area contributed by atoms with Crippen molar-refractivity contribution in [3.8, 4) is 0 Å². The maximum absolute atomic E-state index is 11.8. The molecule has 16 heavy (non-hydrogen) atoms. The van der Waals surface area contributed by atoms with Crippen LogP contribution in [0.5, 0.6) is 0 Å². The van der Waals surface area contributed by atoms with E-state index in [1.54, 1.807) is 6.92 Å². The van der Waals surface area contributed by atoms with Crippen LogP contribution in [-0.2, 0) is 9.57 Å². The summed E-state index contributed by atoms with van der Waals surface area (Å²) in [4.78, 5) is 4.36. The molecule has 0 aromatic carbocycles. The normalized spacial score (nSPS) is 24.4. The van der Waals surface area contributed by atoms with Gasteiger partial charge in [-0.3, -0.25) is 4.84 Å². The molecule has 2 N–H and O–H groups in total. The molecule has 1 aliphatic heterocycles. The van der Waals surface area contributed by atoms with Gasteiger partial charge in [0, 0.05) is 18.6 Å². The minimum atomic E-state index is -4.29. The first-order chi connectivity index (χ1) is 7.47. The molecule has 0 saturated carbocycles. The molecular weight excluding hydrogens is 225 g/mol. The van der Waals surface area contributed by atoms with E-state index in [2.05, 4.69) is 15.6 Å². The molecule has 96 valence electrons. The van der Waals surface area contributed by atoms with Crippen LogP contribution >= 0.6 is 0 Å². The average Bonchev–Trinajstić information content (AvgIpc) is 2.17. The lowest BCUT2D eigenvalue weighted by molar-refractivity contribution is -0.192. The zero-order valence-electron chi connectivity index (χ0n) is 9.14. The van der Waals surface area contributed by atoms with Crippen molar-refractivity contribution in [1.82, 2.24) is 10.8 Å². The van der Waals surface area contributed by atoms with Gasteiger partial charge < -0.3 is 10.1 Å². The Kier molecular flexibility index (Phi) is 5.47. The molecule has 1 aliphatic rings. The summed E-state index contributed by atoms with van der Waals surface area (Å²) in [5.41, 5.74) is 2.37. The molecule has 1 fully saturated rings. The number of hydrogen-bond donors (Lipinski definition) is 2. The molecule has 1 heterocycles. The first-order valence-corrected chi connectivity index (χ1v) is 5.22. The lowest BCUT2D eigenvalue weighted by Gasteiger charge is -2.26. The van der Waals surface area contributed by atoms with Crippen molar-refractivity contribution in [3.63, 3.8) is 0 Å². The largest absolute Gasteiger partial charge is 0.413 e. The number of hydroxylamine groups is 1. The molecular formula is C9H17F3N2O2. The van der Waals surface area contributed by atoms with Gasteiger partial charge in [0.25, 0.3) is 0 Å². The zero-order chi connectivity index (χ0) is 12.0. The summed E-state index contributed by atoms with van der Waals surface area (Å²) in [5, 5.41) is 3.21. The molecule has 2 atom stereocenters. The molecule has 1 saturated heterocycles. The molecule has 0 aromatic heterocycles. The lowest BCUT2D eigenvalue weighted by Crippen LogP contribution is -2.45. The van der Waals surface area contributed by atoms with Gasteiger partial charge in [0.15, 0.2) is 6.61 Å². The summed E-state index contributed by atoms with van der Waals surface area (Å²) >= 11 is 0. The first kappa shape index (κ1) is 13.7. The molecule has 0 radical (unpaired) electrons. The van der Waals surface area contributed by atoms with Crippen molar-refractivity contribution in [2.24, 2.45) is 0 Å². The Morgan fingerprint density at radius 3 is 2.88 bits per heavy atom. The predicted octanol–water partition coefficient (Wildman–Crippen LogP) is 0.837. The van der Waals surface area contributed by atoms with Gasteiger partial charge in [0.05, 0.1) is 13.2 Å². The maximum atomic E-state index is 11.8. The molecule has 7 heteroatoms. The molecule has 4 nitrogen and oxygen atoms in total. The Balaban J connectivity index is 2.08. The van der Waals surface area contributed by atoms with Gasteiger partial charge in [-0.25, -0.2) is 0 Å². The monoisotopic (exact) mass is 242 g/mol. The highest BCUT2D eigenvalue weighted by Crippen LogP contribution is 2.14. The van der Waals surface area contributed by atoms with Crippen molar-refractivity contribution >= 4 is 0 Å². The number of ether oxygens (including phenoxy) is 1. The lowest BCUT2D eigenvalue weighted by atomic mass is 10.1. The molecule has 0 spiro atoms. The second-order valence-electron chi connectivity index (χ2n) is 3.88. The van der Waals surface area contributed by atoms with Crippen LogP contribution in [0.25, 0.3) is 0 Å². The molecule has 0 aliphatic carbocycles. The third kappa shape index (κ3) is 6.26. The van der Waals surface area contributed by atoms with E-state index < -0.39 is 12.8 Å². The van der Waals surface area contributed by atoms with Gasteiger partial charge in [-0.05, 0) is 13.3 Å². The Labute approximate surface area is 92.4 Å². The molecule has 1 rings (SSSR count). The summed E-state index contributed by atoms with van der Waals surface area (Å²) in [7, 11) is 0. The first-order valence-electron chi connectivity index (χ1n) is 5.22. The van der Waals surface area contributed by atoms with E-state index in [1.807, 2.05) is 0 Å². The highest BCUT2D eigenvalue weighted by molar-refractivity contribution is 4.74. The van der Waals surface area contributed by atoms with Gasteiger partial charge >= 0.3 is 6.18 Å². The van der Waals surface area contributed by atoms with Crippen LogP contribution in [-0.4, -0.2) is 44.6 Å². The SMILES string of the molecule is CC(CC1COCCN1)NOCC(F)(F)F. The van der Waals surface area contributed by atoms with E-state index in [0.29, 0.717) is 19.6 Å². The molecule has 0 bridgehead atoms. The van der Waals surface area contributed by atoms with Crippen molar-refractivity contribution in [2.75, 3.05) is 26.4 Å². The van der Waals surface area contributed by atoms with Gasteiger partial charge in [-0.15, -0.1) is 0 Å². The summed E-state index contributed by atoms with van der Waals surface area (Å²) in [6, 6.07) is 0.0206. The Hall–Kier alpha value is -0.370. The number of hydrogen-bond acceptors (Lipinski definition) is 4. The third-order valence-electron chi connectivity index (χ3n) is 2.16. The van der Waals surface area contributed by atoms with Crippen molar-refractivity contribution in [3.05, 3.63) is 0 Å². The second-order valence-corrected chi connectivity index (χ2v) is 3.88. The summed E-state index contributed by atoms with van der Waals surface area (Å²) in [6.07, 6.45) is -3.63. The van der Waals surface area contributed by atoms with Gasteiger partial charge in [-0.2, -0.15) is 18.7 Å². The van der Waals surface area contributed by atoms with Crippen molar-refractivity contribution < 1.29 is 22.7 Å². The fourth-order valence-electron chi connectivity index (χ4n) is 1.51. The second kappa shape index (κ2) is 6.39. The highest BCUT2D eigenvalue weighted by atomic mass is 19.4. The fourth-order valence-corrected chi connectivity index (χ4v) is 1.51. The van der Waals surface area contributed by atoms with Crippen LogP contribution in [0, 0.1) is 0 Å². The van der Waals surface area contributed by atoms with E-state index in [0.717, 1.165) is 6.54 Å². The number of morpholine rings is 1. The van der Waals surface area contributed by atoms with Crippen LogP contribution in [0.15, 0.2) is 0 Å². The minimum Gasteiger partial charge on any atom is -0.379 e. The predicted molar refractivity (Wildman–Crippen MR) is 51.8 cm³/mol. The standard InChI is InChI=1S/C9H17F3N2O2/c1-7(14-16-6-9(10,11)12)4-8-5-15-3-2-13-8/h7-8,13-14H,2-6H2,1H3. The van der Waals surface area contributed by atoms with Crippen LogP contribution in [0.1, 0.15) is 13.3 Å². The van der Waals surface area contributed by atoms with E-state index in [4.69, 9.17) is 4.74 Å². The molecule has 0 aromatic rings. The topological polar surface area (TPSA) is 42.5 Å². The molecule has 0 amide bonds.